The Morgan fingerprint density at radius 2 is 1.44 bits per heavy atom. The lowest BCUT2D eigenvalue weighted by Gasteiger charge is -2.23. The highest BCUT2D eigenvalue weighted by Crippen LogP contribution is 2.28. The summed E-state index contributed by atoms with van der Waals surface area (Å²) < 4.78 is 0. The molecule has 192 valence electrons. The zero-order chi connectivity index (χ0) is 26.2. The van der Waals surface area contributed by atoms with Crippen LogP contribution in [0.1, 0.15) is 25.0 Å². The molecular formula is C28H36N4O4. The molecule has 4 N–H and O–H groups in total. The number of aliphatic hydroxyl groups excluding tert-OH is 3. The van der Waals surface area contributed by atoms with Crippen molar-refractivity contribution in [2.24, 2.45) is 4.99 Å². The number of likely N-dealkylation sites (N-methyl/N-ethyl adjacent to an activating group) is 2. The van der Waals surface area contributed by atoms with E-state index in [9.17, 15) is 20.1 Å². The van der Waals surface area contributed by atoms with Crippen LogP contribution in [0.4, 0.5) is 22.7 Å². The van der Waals surface area contributed by atoms with Crippen LogP contribution in [0.25, 0.3) is 0 Å². The van der Waals surface area contributed by atoms with Gasteiger partial charge in [0.15, 0.2) is 0 Å². The van der Waals surface area contributed by atoms with Crippen molar-refractivity contribution in [2.45, 2.75) is 27.7 Å². The normalized spacial score (nSPS) is 14.5. The van der Waals surface area contributed by atoms with E-state index in [-0.39, 0.29) is 24.8 Å². The molecule has 2 aromatic rings. The molecule has 0 amide bonds. The summed E-state index contributed by atoms with van der Waals surface area (Å²) in [5, 5.41) is 32.2. The molecule has 0 saturated carbocycles. The average Bonchev–Trinajstić information content (AvgIpc) is 2.86. The summed E-state index contributed by atoms with van der Waals surface area (Å²) in [6.07, 6.45) is 2.74. The minimum atomic E-state index is -0.333. The number of nitrogens with zero attached hydrogens (tertiary/aromatic N) is 3. The van der Waals surface area contributed by atoms with Crippen molar-refractivity contribution in [3.8, 4) is 0 Å². The van der Waals surface area contributed by atoms with Crippen molar-refractivity contribution in [3.05, 3.63) is 71.1 Å². The van der Waals surface area contributed by atoms with E-state index in [1.165, 1.54) is 6.08 Å². The van der Waals surface area contributed by atoms with E-state index < -0.39 is 0 Å². The minimum Gasteiger partial charge on any atom is -0.506 e. The standard InChI is InChI=1S/C28H36N4O4/c1-5-31(11-13-33)21-7-9-23(19(3)15-21)29-25-17-26(28(36)18-27(25)35)30-24-10-8-22(16-20(24)4)32(6-2)12-14-34/h7-10,15-18,29,33-34,36H,5-6,11-14H2,1-4H3. The van der Waals surface area contributed by atoms with Crippen molar-refractivity contribution < 1.29 is 20.1 Å². The summed E-state index contributed by atoms with van der Waals surface area (Å²) >= 11 is 0. The van der Waals surface area contributed by atoms with Crippen molar-refractivity contribution in [1.29, 1.82) is 0 Å². The van der Waals surface area contributed by atoms with Crippen LogP contribution in [0.2, 0.25) is 0 Å². The van der Waals surface area contributed by atoms with Crippen LogP contribution in [-0.4, -0.2) is 66.2 Å². The molecule has 0 spiro atoms. The van der Waals surface area contributed by atoms with Crippen LogP contribution in [-0.2, 0) is 4.79 Å². The fourth-order valence-electron chi connectivity index (χ4n) is 4.15. The van der Waals surface area contributed by atoms with Crippen LogP contribution in [0, 0.1) is 13.8 Å². The highest BCUT2D eigenvalue weighted by Gasteiger charge is 2.20. The summed E-state index contributed by atoms with van der Waals surface area (Å²) in [7, 11) is 0. The number of aryl methyl sites for hydroxylation is 2. The Labute approximate surface area is 212 Å². The fourth-order valence-corrected chi connectivity index (χ4v) is 4.15. The second-order valence-electron chi connectivity index (χ2n) is 8.65. The lowest BCUT2D eigenvalue weighted by molar-refractivity contribution is -0.111. The van der Waals surface area contributed by atoms with Crippen LogP contribution >= 0.6 is 0 Å². The molecule has 0 radical (unpaired) electrons. The first-order chi connectivity index (χ1) is 17.3. The van der Waals surface area contributed by atoms with Gasteiger partial charge >= 0.3 is 0 Å². The van der Waals surface area contributed by atoms with Gasteiger partial charge in [0.1, 0.15) is 11.5 Å². The van der Waals surface area contributed by atoms with Gasteiger partial charge in [0.2, 0.25) is 5.78 Å². The molecule has 8 heteroatoms. The summed E-state index contributed by atoms with van der Waals surface area (Å²) in [5.41, 5.74) is 5.93. The third kappa shape index (κ3) is 6.33. The molecule has 1 aliphatic rings. The SMILES string of the molecule is CCN(CCO)c1ccc(N=C2C=C(Nc3ccc(N(CC)CCO)cc3C)C(=O)C=C2O)c(C)c1. The first kappa shape index (κ1) is 27.0. The highest BCUT2D eigenvalue weighted by atomic mass is 16.3. The van der Waals surface area contributed by atoms with Gasteiger partial charge in [-0.15, -0.1) is 0 Å². The Kier molecular flexibility index (Phi) is 9.27. The number of aliphatic hydroxyl groups is 3. The Balaban J connectivity index is 1.87. The monoisotopic (exact) mass is 492 g/mol. The first-order valence-corrected chi connectivity index (χ1v) is 12.3. The molecule has 0 bridgehead atoms. The summed E-state index contributed by atoms with van der Waals surface area (Å²) in [6, 6.07) is 11.7. The van der Waals surface area contributed by atoms with Gasteiger partial charge in [-0.2, -0.15) is 0 Å². The molecule has 0 fully saturated rings. The van der Waals surface area contributed by atoms with Crippen molar-refractivity contribution in [3.63, 3.8) is 0 Å². The molecule has 0 atom stereocenters. The van der Waals surface area contributed by atoms with Crippen molar-refractivity contribution >= 4 is 34.2 Å². The van der Waals surface area contributed by atoms with Crippen molar-refractivity contribution in [2.75, 3.05) is 54.5 Å². The zero-order valence-electron chi connectivity index (χ0n) is 21.5. The summed E-state index contributed by atoms with van der Waals surface area (Å²) in [5.74, 6) is -0.515. The Morgan fingerprint density at radius 3 is 1.97 bits per heavy atom. The van der Waals surface area contributed by atoms with Gasteiger partial charge in [-0.25, -0.2) is 4.99 Å². The smallest absolute Gasteiger partial charge is 0.205 e. The van der Waals surface area contributed by atoms with Crippen LogP contribution < -0.4 is 15.1 Å². The second-order valence-corrected chi connectivity index (χ2v) is 8.65. The van der Waals surface area contributed by atoms with E-state index in [1.807, 2.05) is 64.1 Å². The molecule has 0 saturated heterocycles. The lowest BCUT2D eigenvalue weighted by Crippen LogP contribution is -2.26. The maximum Gasteiger partial charge on any atom is 0.205 e. The molecule has 0 unspecified atom stereocenters. The number of carbonyl (C=O) groups excluding carboxylic acids is 1. The number of rotatable bonds is 11. The first-order valence-electron chi connectivity index (χ1n) is 12.3. The van der Waals surface area contributed by atoms with E-state index in [0.717, 1.165) is 41.3 Å². The number of hydrogen-bond acceptors (Lipinski definition) is 8. The molecular weight excluding hydrogens is 456 g/mol. The van der Waals surface area contributed by atoms with Crippen molar-refractivity contribution in [1.82, 2.24) is 0 Å². The average molecular weight is 493 g/mol. The summed E-state index contributed by atoms with van der Waals surface area (Å²) in [4.78, 5) is 21.4. The molecule has 36 heavy (non-hydrogen) atoms. The van der Waals surface area contributed by atoms with Gasteiger partial charge in [-0.05, 0) is 81.3 Å². The number of aliphatic imine (C=N–C) groups is 1. The van der Waals surface area contributed by atoms with Gasteiger partial charge in [0, 0.05) is 49.3 Å². The lowest BCUT2D eigenvalue weighted by atomic mass is 10.1. The Hall–Kier alpha value is -3.62. The van der Waals surface area contributed by atoms with Crippen LogP contribution in [0.5, 0.6) is 0 Å². The van der Waals surface area contributed by atoms with E-state index in [1.54, 1.807) is 6.08 Å². The molecule has 0 aliphatic heterocycles. The Bertz CT molecular complexity index is 1190. The third-order valence-electron chi connectivity index (χ3n) is 6.21. The Morgan fingerprint density at radius 1 is 0.861 bits per heavy atom. The number of allylic oxidation sites excluding steroid dienone is 2. The van der Waals surface area contributed by atoms with Crippen LogP contribution in [0.3, 0.4) is 0 Å². The number of carbonyl (C=O) groups is 1. The molecule has 0 heterocycles. The highest BCUT2D eigenvalue weighted by molar-refractivity contribution is 6.22. The minimum absolute atomic E-state index is 0.0753. The number of benzene rings is 2. The predicted molar refractivity (Wildman–Crippen MR) is 147 cm³/mol. The van der Waals surface area contributed by atoms with Gasteiger partial charge in [-0.1, -0.05) is 0 Å². The molecule has 3 rings (SSSR count). The number of nitrogens with one attached hydrogen (secondary N) is 1. The predicted octanol–water partition coefficient (Wildman–Crippen LogP) is 4.03. The van der Waals surface area contributed by atoms with Gasteiger partial charge in [-0.3, -0.25) is 4.79 Å². The molecule has 0 aromatic heterocycles. The molecule has 2 aromatic carbocycles. The second kappa shape index (κ2) is 12.4. The molecule has 8 nitrogen and oxygen atoms in total. The maximum absolute atomic E-state index is 12.6. The maximum atomic E-state index is 12.6. The van der Waals surface area contributed by atoms with Gasteiger partial charge in [0.25, 0.3) is 0 Å². The number of hydrogen-bond donors (Lipinski definition) is 4. The van der Waals surface area contributed by atoms with E-state index in [2.05, 4.69) is 20.1 Å². The fraction of sp³-hybridized carbons (Fsp3) is 0.357. The van der Waals surface area contributed by atoms with E-state index in [0.29, 0.717) is 30.2 Å². The molecule has 1 aliphatic carbocycles. The zero-order valence-corrected chi connectivity index (χ0v) is 21.5. The largest absolute Gasteiger partial charge is 0.506 e. The van der Waals surface area contributed by atoms with E-state index in [4.69, 9.17) is 0 Å². The topological polar surface area (TPSA) is 109 Å². The van der Waals surface area contributed by atoms with E-state index >= 15 is 0 Å². The third-order valence-corrected chi connectivity index (χ3v) is 6.21. The van der Waals surface area contributed by atoms with Crippen LogP contribution in [0.15, 0.2) is 65.0 Å². The number of ketones is 1. The number of anilines is 3. The van der Waals surface area contributed by atoms with Gasteiger partial charge in [0.05, 0.1) is 24.6 Å². The quantitative estimate of drug-likeness (QED) is 0.351. The van der Waals surface area contributed by atoms with Gasteiger partial charge < -0.3 is 30.4 Å². The summed E-state index contributed by atoms with van der Waals surface area (Å²) in [6.45, 7) is 10.8.